The van der Waals surface area contributed by atoms with Crippen LogP contribution < -0.4 is 21.2 Å². The molecule has 0 bridgehead atoms. The van der Waals surface area contributed by atoms with E-state index in [9.17, 15) is 13.2 Å². The van der Waals surface area contributed by atoms with Crippen molar-refractivity contribution in [1.82, 2.24) is 5.32 Å². The molecule has 190 valence electrons. The highest BCUT2D eigenvalue weighted by atomic mass is 32.2. The molecule has 36 heavy (non-hydrogen) atoms. The zero-order chi connectivity index (χ0) is 24.6. The lowest BCUT2D eigenvalue weighted by molar-refractivity contribution is 0.0999. The predicted molar refractivity (Wildman–Crippen MR) is 138 cm³/mol. The zero-order valence-corrected chi connectivity index (χ0v) is 20.8. The van der Waals surface area contributed by atoms with Gasteiger partial charge in [0.25, 0.3) is 5.91 Å². The number of benzene rings is 3. The molecule has 10 heteroatoms. The van der Waals surface area contributed by atoms with Crippen molar-refractivity contribution >= 4 is 27.4 Å². The van der Waals surface area contributed by atoms with E-state index in [2.05, 4.69) is 17.4 Å². The fraction of sp³-hybridized carbons (Fsp3) is 0.269. The number of hydrogen-bond donors (Lipinski definition) is 2. The highest BCUT2D eigenvalue weighted by Crippen LogP contribution is 2.39. The van der Waals surface area contributed by atoms with Gasteiger partial charge in [-0.15, -0.1) is 9.46 Å². The summed E-state index contributed by atoms with van der Waals surface area (Å²) in [5, 5.41) is 6.32. The molecule has 2 aliphatic rings. The van der Waals surface area contributed by atoms with Gasteiger partial charge in [0, 0.05) is 12.1 Å². The van der Waals surface area contributed by atoms with Crippen molar-refractivity contribution in [2.24, 2.45) is 5.73 Å². The molecule has 1 atom stereocenters. The largest absolute Gasteiger partial charge is 0.412 e. The van der Waals surface area contributed by atoms with Crippen molar-refractivity contribution in [3.05, 3.63) is 89.0 Å². The number of primary amides is 1. The maximum Gasteiger partial charge on any atom is 0.319 e. The van der Waals surface area contributed by atoms with Crippen LogP contribution in [0.1, 0.15) is 45.8 Å². The Hall–Kier alpha value is -3.44. The number of nitrogens with two attached hydrogens (primary N) is 1. The Morgan fingerprint density at radius 3 is 2.42 bits per heavy atom. The summed E-state index contributed by atoms with van der Waals surface area (Å²) in [5.41, 5.74) is 9.79. The number of amides is 1. The first kappa shape index (κ1) is 25.6. The maximum atomic E-state index is 13.2. The van der Waals surface area contributed by atoms with Gasteiger partial charge in [0.2, 0.25) is 0 Å². The molecule has 0 spiro atoms. The summed E-state index contributed by atoms with van der Waals surface area (Å²) in [6.45, 7) is 4.19. The molecule has 0 unspecified atom stereocenters. The van der Waals surface area contributed by atoms with Gasteiger partial charge < -0.3 is 16.5 Å². The molecule has 0 saturated carbocycles. The molecule has 9 nitrogen and oxygen atoms in total. The van der Waals surface area contributed by atoms with E-state index < -0.39 is 16.0 Å². The first-order valence-electron chi connectivity index (χ1n) is 11.6. The molecule has 2 heterocycles. The fourth-order valence-corrected chi connectivity index (χ4v) is 5.56. The topological polar surface area (TPSA) is 136 Å². The van der Waals surface area contributed by atoms with Crippen LogP contribution in [-0.2, 0) is 20.9 Å². The van der Waals surface area contributed by atoms with E-state index in [1.54, 1.807) is 29.3 Å². The summed E-state index contributed by atoms with van der Waals surface area (Å²) in [6, 6.07) is 19.6. The molecule has 2 aliphatic heterocycles. The number of hydrazine groups is 1. The Morgan fingerprint density at radius 2 is 1.78 bits per heavy atom. The monoisotopic (exact) mass is 510 g/mol. The number of rotatable bonds is 6. The van der Waals surface area contributed by atoms with Crippen molar-refractivity contribution in [1.29, 1.82) is 0 Å². The zero-order valence-electron chi connectivity index (χ0n) is 20.0. The first-order chi connectivity index (χ1) is 16.8. The average molecular weight is 511 g/mol. The van der Waals surface area contributed by atoms with E-state index in [1.165, 1.54) is 22.9 Å². The Labute approximate surface area is 210 Å². The van der Waals surface area contributed by atoms with Gasteiger partial charge >= 0.3 is 10.1 Å². The molecule has 0 radical (unpaired) electrons. The van der Waals surface area contributed by atoms with E-state index in [0.29, 0.717) is 18.2 Å². The van der Waals surface area contributed by atoms with E-state index in [1.807, 2.05) is 25.1 Å². The second kappa shape index (κ2) is 10.3. The highest BCUT2D eigenvalue weighted by molar-refractivity contribution is 7.86. The number of aryl methyl sites for hydroxylation is 1. The van der Waals surface area contributed by atoms with Gasteiger partial charge in [-0.05, 0) is 68.1 Å². The van der Waals surface area contributed by atoms with Crippen molar-refractivity contribution in [3.63, 3.8) is 0 Å². The summed E-state index contributed by atoms with van der Waals surface area (Å²) in [5.74, 6) is -0.213. The lowest BCUT2D eigenvalue weighted by atomic mass is 9.91. The normalized spacial score (nSPS) is 17.4. The molecule has 0 aliphatic carbocycles. The fourth-order valence-electron chi connectivity index (χ4n) is 4.66. The van der Waals surface area contributed by atoms with Crippen molar-refractivity contribution < 1.29 is 23.0 Å². The number of hydrogen-bond acceptors (Lipinski definition) is 7. The summed E-state index contributed by atoms with van der Waals surface area (Å²) < 4.78 is 32.1. The third-order valence-corrected chi connectivity index (χ3v) is 7.74. The average Bonchev–Trinajstić information content (AvgIpc) is 3.22. The maximum absolute atomic E-state index is 13.2. The second-order valence-corrected chi connectivity index (χ2v) is 10.5. The molecule has 3 aromatic rings. The minimum atomic E-state index is -4.19. The van der Waals surface area contributed by atoms with Crippen LogP contribution in [0.2, 0.25) is 0 Å². The van der Waals surface area contributed by atoms with Crippen LogP contribution in [0.15, 0.2) is 71.6 Å². The number of carbonyl (C=O) groups is 1. The first-order valence-corrected chi connectivity index (χ1v) is 13.1. The summed E-state index contributed by atoms with van der Waals surface area (Å²) in [6.07, 6.45) is 2.27. The number of carbonyl (C=O) groups excluding carboxylic acids is 1. The number of para-hydroxylation sites is 1. The van der Waals surface area contributed by atoms with E-state index in [4.69, 9.17) is 10.0 Å². The number of anilines is 2. The third kappa shape index (κ3) is 4.93. The van der Waals surface area contributed by atoms with Crippen molar-refractivity contribution in [2.45, 2.75) is 37.1 Å². The van der Waals surface area contributed by atoms with Gasteiger partial charge in [-0.2, -0.15) is 8.42 Å². The van der Waals surface area contributed by atoms with E-state index in [0.717, 1.165) is 42.7 Å². The Morgan fingerprint density at radius 1 is 1.06 bits per heavy atom. The predicted octanol–water partition coefficient (Wildman–Crippen LogP) is 2.80. The molecule has 1 amide bonds. The Balaban J connectivity index is 0.00000304. The minimum Gasteiger partial charge on any atom is -0.412 e. The molecule has 1 fully saturated rings. The highest BCUT2D eigenvalue weighted by Gasteiger charge is 2.36. The SMILES string of the molecule is Cc1ccc(S(=O)(=O)ON2c3c(cccc3C(N)=O)CN2c2ccc([C@@H]3CCCNC3)cc2)cc1.O. The number of piperidine rings is 1. The molecule has 0 aromatic heterocycles. The molecule has 1 saturated heterocycles. The molecular formula is C26H30N4O5S. The van der Waals surface area contributed by atoms with Crippen LogP contribution in [0.5, 0.6) is 0 Å². The van der Waals surface area contributed by atoms with Gasteiger partial charge in [0.1, 0.15) is 5.69 Å². The Bertz CT molecular complexity index is 1340. The molecule has 5 rings (SSSR count). The smallest absolute Gasteiger partial charge is 0.319 e. The van der Waals surface area contributed by atoms with Gasteiger partial charge in [0.15, 0.2) is 0 Å². The quantitative estimate of drug-likeness (QED) is 0.520. The van der Waals surface area contributed by atoms with Gasteiger partial charge in [-0.1, -0.05) is 42.0 Å². The lowest BCUT2D eigenvalue weighted by Crippen LogP contribution is -2.40. The van der Waals surface area contributed by atoms with Crippen molar-refractivity contribution in [3.8, 4) is 0 Å². The van der Waals surface area contributed by atoms with E-state index in [-0.39, 0.29) is 15.9 Å². The van der Waals surface area contributed by atoms with Crippen LogP contribution in [0.3, 0.4) is 0 Å². The lowest BCUT2D eigenvalue weighted by Gasteiger charge is -2.30. The number of fused-ring (bicyclic) bond motifs is 1. The number of nitrogens with zero attached hydrogens (tertiary/aromatic N) is 2. The standard InChI is InChI=1S/C26H28N4O4S.H2O/c1-18-7-13-23(14-8-18)35(32,33)34-30-25-21(4-2-6-24(25)26(27)31)17-29(30)22-11-9-19(10-12-22)20-5-3-15-28-16-20;/h2,4,6-14,20,28H,3,5,15-17H2,1H3,(H2,27,31);1H2/t20-;/m1./s1. The van der Waals surface area contributed by atoms with Gasteiger partial charge in [0.05, 0.1) is 22.7 Å². The van der Waals surface area contributed by atoms with Crippen molar-refractivity contribution in [2.75, 3.05) is 23.3 Å². The minimum absolute atomic E-state index is 0. The Kier molecular flexibility index (Phi) is 7.32. The van der Waals surface area contributed by atoms with Crippen LogP contribution in [0.25, 0.3) is 0 Å². The number of nitrogens with one attached hydrogen (secondary N) is 1. The van der Waals surface area contributed by atoms with Crippen LogP contribution in [-0.4, -0.2) is 32.9 Å². The van der Waals surface area contributed by atoms with Gasteiger partial charge in [-0.3, -0.25) is 9.80 Å². The van der Waals surface area contributed by atoms with E-state index >= 15 is 0 Å². The van der Waals surface area contributed by atoms with Crippen LogP contribution >= 0.6 is 0 Å². The molecular weight excluding hydrogens is 480 g/mol. The molecule has 5 N–H and O–H groups in total. The third-order valence-electron chi connectivity index (χ3n) is 6.55. The molecule has 3 aromatic carbocycles. The van der Waals surface area contributed by atoms with Crippen LogP contribution in [0, 0.1) is 6.92 Å². The van der Waals surface area contributed by atoms with Gasteiger partial charge in [-0.25, -0.2) is 0 Å². The summed E-state index contributed by atoms with van der Waals surface area (Å²) in [7, 11) is -4.19. The summed E-state index contributed by atoms with van der Waals surface area (Å²) in [4.78, 5) is 12.2. The summed E-state index contributed by atoms with van der Waals surface area (Å²) >= 11 is 0. The second-order valence-electron chi connectivity index (χ2n) is 8.98. The van der Waals surface area contributed by atoms with Crippen LogP contribution in [0.4, 0.5) is 11.4 Å².